The van der Waals surface area contributed by atoms with E-state index in [-0.39, 0.29) is 42.2 Å². The maximum atomic E-state index is 12.5. The Morgan fingerprint density at radius 1 is 1.20 bits per heavy atom. The van der Waals surface area contributed by atoms with Crippen LogP contribution in [0.4, 0.5) is 5.69 Å². The molecule has 25 heavy (non-hydrogen) atoms. The summed E-state index contributed by atoms with van der Waals surface area (Å²) in [5.74, 6) is -0.112. The van der Waals surface area contributed by atoms with Gasteiger partial charge in [-0.1, -0.05) is 55.0 Å². The topological polar surface area (TPSA) is 23.6 Å². The van der Waals surface area contributed by atoms with Crippen molar-refractivity contribution in [2.45, 2.75) is 25.3 Å². The summed E-state index contributed by atoms with van der Waals surface area (Å²) in [7, 11) is 0. The summed E-state index contributed by atoms with van der Waals surface area (Å²) in [6.45, 7) is 5.80. The number of rotatable bonds is 6. The molecule has 2 aromatic rings. The van der Waals surface area contributed by atoms with Gasteiger partial charge in [0.05, 0.1) is 6.85 Å². The summed E-state index contributed by atoms with van der Waals surface area (Å²) in [5, 5.41) is 0. The number of carbonyl (C=O) groups is 1. The number of amides is 1. The summed E-state index contributed by atoms with van der Waals surface area (Å²) in [6, 6.07) is 8.49. The Balaban J connectivity index is 1.65. The van der Waals surface area contributed by atoms with Crippen LogP contribution in [-0.2, 0) is 11.2 Å². The molecule has 0 atom stereocenters. The lowest BCUT2D eigenvalue weighted by Crippen LogP contribution is -2.47. The average molecular weight is 339 g/mol. The quantitative estimate of drug-likeness (QED) is 0.745. The van der Waals surface area contributed by atoms with Crippen LogP contribution in [0.1, 0.15) is 25.3 Å². The van der Waals surface area contributed by atoms with E-state index in [0.29, 0.717) is 18.5 Å². The van der Waals surface area contributed by atoms with Gasteiger partial charge in [-0.2, -0.15) is 0 Å². The van der Waals surface area contributed by atoms with Crippen molar-refractivity contribution in [1.29, 1.82) is 0 Å². The van der Waals surface area contributed by atoms with Crippen LogP contribution in [0.15, 0.2) is 73.2 Å². The first-order valence-corrected chi connectivity index (χ1v) is 8.64. The van der Waals surface area contributed by atoms with Crippen LogP contribution in [0.3, 0.4) is 0 Å². The number of carbonyl (C=O) groups excluding carboxylic acids is 1. The summed E-state index contributed by atoms with van der Waals surface area (Å²) in [6.07, 6.45) is 3.34. The number of benzene rings is 2. The molecule has 2 aromatic carbocycles. The average Bonchev–Trinajstić information content (AvgIpc) is 2.78. The molecule has 0 spiro atoms. The Bertz CT molecular complexity index is 898. The van der Waals surface area contributed by atoms with Crippen molar-refractivity contribution >= 4 is 11.6 Å². The first kappa shape index (κ1) is 12.0. The van der Waals surface area contributed by atoms with E-state index in [1.165, 1.54) is 6.08 Å². The summed E-state index contributed by atoms with van der Waals surface area (Å²) >= 11 is 0. The Hall–Kier alpha value is -2.39. The molecule has 0 aliphatic carbocycles. The van der Waals surface area contributed by atoms with Crippen molar-refractivity contribution in [1.82, 2.24) is 4.90 Å². The lowest BCUT2D eigenvalue weighted by atomic mass is 10.0. The lowest BCUT2D eigenvalue weighted by molar-refractivity contribution is -0.114. The second-order valence-electron chi connectivity index (χ2n) is 6.17. The maximum absolute atomic E-state index is 12.5. The third-order valence-electron chi connectivity index (χ3n) is 4.60. The Labute approximate surface area is 157 Å². The second-order valence-corrected chi connectivity index (χ2v) is 6.17. The number of piperidine rings is 1. The van der Waals surface area contributed by atoms with Crippen molar-refractivity contribution < 1.29 is 11.6 Å². The number of para-hydroxylation sites is 1. The molecular weight excluding hydrogens is 308 g/mol. The molecule has 0 saturated carbocycles. The van der Waals surface area contributed by atoms with Gasteiger partial charge >= 0.3 is 0 Å². The Kier molecular flexibility index (Phi) is 4.16. The Morgan fingerprint density at radius 2 is 1.88 bits per heavy atom. The van der Waals surface area contributed by atoms with Crippen LogP contribution < -0.4 is 4.90 Å². The number of hydrogen-bond donors (Lipinski definition) is 0. The highest BCUT2D eigenvalue weighted by molar-refractivity contribution is 6.01. The molecule has 0 radical (unpaired) electrons. The fraction of sp³-hybridized carbons (Fsp3) is 0.318. The molecule has 1 amide bonds. The normalized spacial score (nSPS) is 18.5. The monoisotopic (exact) mass is 339 g/mol. The van der Waals surface area contributed by atoms with Crippen LogP contribution in [-0.4, -0.2) is 36.5 Å². The molecule has 3 heteroatoms. The second kappa shape index (κ2) is 8.63. The molecular formula is C22H26N2O. The zero-order chi connectivity index (χ0) is 21.8. The van der Waals surface area contributed by atoms with E-state index >= 15 is 0 Å². The lowest BCUT2D eigenvalue weighted by Gasteiger charge is -2.38. The van der Waals surface area contributed by atoms with Crippen LogP contribution in [0.2, 0.25) is 0 Å². The number of likely N-dealkylation sites (tertiary alicyclic amines) is 1. The molecule has 0 unspecified atom stereocenters. The van der Waals surface area contributed by atoms with Crippen molar-refractivity contribution in [3.63, 3.8) is 0 Å². The highest BCUT2D eigenvalue weighted by atomic mass is 16.2. The molecule has 3 nitrogen and oxygen atoms in total. The van der Waals surface area contributed by atoms with E-state index in [0.717, 1.165) is 31.6 Å². The van der Waals surface area contributed by atoms with Crippen LogP contribution in [0.5, 0.6) is 0 Å². The van der Waals surface area contributed by atoms with Gasteiger partial charge in [-0.3, -0.25) is 4.79 Å². The van der Waals surface area contributed by atoms with Crippen molar-refractivity contribution in [2.24, 2.45) is 0 Å². The maximum Gasteiger partial charge on any atom is 0.250 e. The van der Waals surface area contributed by atoms with Crippen molar-refractivity contribution in [3.05, 3.63) is 78.8 Å². The first-order chi connectivity index (χ1) is 14.3. The number of hydrogen-bond acceptors (Lipinski definition) is 2. The minimum absolute atomic E-state index is 0.0786. The molecule has 0 bridgehead atoms. The highest BCUT2D eigenvalue weighted by Gasteiger charge is 2.27. The number of anilines is 1. The fourth-order valence-corrected chi connectivity index (χ4v) is 3.28. The standard InChI is InChI=1S/C22H26N2O/c1-2-22(25)24(20-11-7-4-8-12-20)21-14-17-23(18-15-21)16-13-19-9-5-3-6-10-19/h2-12,21H,1,13-18H2/i3D,5D,6D,9D,10D. The molecule has 130 valence electrons. The minimum atomic E-state index is -0.359. The molecule has 0 N–H and O–H groups in total. The van der Waals surface area contributed by atoms with Gasteiger partial charge in [0.25, 0.3) is 5.91 Å². The molecule has 1 aliphatic rings. The van der Waals surface area contributed by atoms with E-state index in [1.54, 1.807) is 4.90 Å². The van der Waals surface area contributed by atoms with E-state index in [2.05, 4.69) is 11.5 Å². The van der Waals surface area contributed by atoms with Crippen LogP contribution in [0.25, 0.3) is 0 Å². The molecule has 1 heterocycles. The van der Waals surface area contributed by atoms with Crippen molar-refractivity contribution in [3.8, 4) is 0 Å². The molecule has 3 rings (SSSR count). The number of nitrogens with zero attached hydrogens (tertiary/aromatic N) is 2. The molecule has 1 aliphatic heterocycles. The zero-order valence-electron chi connectivity index (χ0n) is 19.3. The van der Waals surface area contributed by atoms with Gasteiger partial charge in [0.1, 0.15) is 0 Å². The van der Waals surface area contributed by atoms with Gasteiger partial charge in [-0.15, -0.1) is 0 Å². The van der Waals surface area contributed by atoms with E-state index in [4.69, 9.17) is 6.85 Å². The van der Waals surface area contributed by atoms with Crippen LogP contribution >= 0.6 is 0 Å². The van der Waals surface area contributed by atoms with Gasteiger partial charge in [0.2, 0.25) is 0 Å². The van der Waals surface area contributed by atoms with Gasteiger partial charge in [0.15, 0.2) is 0 Å². The summed E-state index contributed by atoms with van der Waals surface area (Å²) in [4.78, 5) is 16.5. The van der Waals surface area contributed by atoms with E-state index in [9.17, 15) is 4.79 Å². The zero-order valence-corrected chi connectivity index (χ0v) is 14.3. The fourth-order valence-electron chi connectivity index (χ4n) is 3.28. The van der Waals surface area contributed by atoms with Gasteiger partial charge in [-0.05, 0) is 43.0 Å². The van der Waals surface area contributed by atoms with Crippen molar-refractivity contribution in [2.75, 3.05) is 24.5 Å². The van der Waals surface area contributed by atoms with Gasteiger partial charge in [-0.25, -0.2) is 0 Å². The third kappa shape index (κ3) is 4.58. The SMILES string of the molecule is [2H]c1c([2H])c([2H])c(CCN2CCC(N(C(=O)C=C)c3ccccc3)CC2)c([2H])c1[2H]. The smallest absolute Gasteiger partial charge is 0.250 e. The first-order valence-electron chi connectivity index (χ1n) is 11.1. The third-order valence-corrected chi connectivity index (χ3v) is 4.60. The van der Waals surface area contributed by atoms with E-state index in [1.807, 2.05) is 30.3 Å². The van der Waals surface area contributed by atoms with Gasteiger partial charge < -0.3 is 9.80 Å². The largest absolute Gasteiger partial charge is 0.306 e. The summed E-state index contributed by atoms with van der Waals surface area (Å²) in [5.41, 5.74) is 1.22. The highest BCUT2D eigenvalue weighted by Crippen LogP contribution is 2.24. The van der Waals surface area contributed by atoms with Crippen LogP contribution in [0, 0.1) is 0 Å². The molecule has 1 saturated heterocycles. The minimum Gasteiger partial charge on any atom is -0.306 e. The predicted octanol–water partition coefficient (Wildman–Crippen LogP) is 3.91. The predicted molar refractivity (Wildman–Crippen MR) is 104 cm³/mol. The van der Waals surface area contributed by atoms with Gasteiger partial charge in [0, 0.05) is 31.4 Å². The summed E-state index contributed by atoms with van der Waals surface area (Å²) < 4.78 is 39.4. The van der Waals surface area contributed by atoms with E-state index < -0.39 is 0 Å². The Morgan fingerprint density at radius 3 is 2.52 bits per heavy atom. The molecule has 1 fully saturated rings. The molecule has 0 aromatic heterocycles.